The van der Waals surface area contributed by atoms with Gasteiger partial charge >= 0.3 is 5.97 Å². The smallest absolute Gasteiger partial charge is 0.314 e. The molecule has 1 saturated carbocycles. The molecule has 0 spiro atoms. The van der Waals surface area contributed by atoms with E-state index in [1.54, 1.807) is 6.07 Å². The van der Waals surface area contributed by atoms with Crippen LogP contribution in [0.4, 0.5) is 0 Å². The number of carbonyl (C=O) groups is 1. The Balaban J connectivity index is 2.33. The zero-order valence-corrected chi connectivity index (χ0v) is 10.7. The van der Waals surface area contributed by atoms with Crippen molar-refractivity contribution in [2.75, 3.05) is 0 Å². The van der Waals surface area contributed by atoms with Gasteiger partial charge in [0, 0.05) is 11.5 Å². The average molecular weight is 277 g/mol. The lowest BCUT2D eigenvalue weighted by Gasteiger charge is -2.10. The molecule has 0 amide bonds. The Morgan fingerprint density at radius 1 is 1.32 bits per heavy atom. The molecular formula is C13H11NO4S. The Morgan fingerprint density at radius 3 is 2.32 bits per heavy atom. The minimum absolute atomic E-state index is 0.0453. The lowest BCUT2D eigenvalue weighted by molar-refractivity contribution is -0.140. The molecule has 6 heteroatoms. The topological polar surface area (TPSA) is 95.2 Å². The number of nitriles is 1. The number of nitrogens with zero attached hydrogens (tertiary/aromatic N) is 1. The molecule has 1 aliphatic rings. The highest BCUT2D eigenvalue weighted by molar-refractivity contribution is 7.94. The quantitative estimate of drug-likeness (QED) is 0.843. The van der Waals surface area contributed by atoms with Crippen molar-refractivity contribution in [3.8, 4) is 6.07 Å². The van der Waals surface area contributed by atoms with Crippen LogP contribution in [0.1, 0.15) is 18.4 Å². The second-order valence-corrected chi connectivity index (χ2v) is 6.22. The summed E-state index contributed by atoms with van der Waals surface area (Å²) in [5.74, 6) is -0.882. The van der Waals surface area contributed by atoms with Gasteiger partial charge < -0.3 is 5.11 Å². The Bertz CT molecular complexity index is 676. The number of allylic oxidation sites excluding steroid dienone is 1. The zero-order valence-electron chi connectivity index (χ0n) is 9.91. The summed E-state index contributed by atoms with van der Waals surface area (Å²) in [5.41, 5.74) is -0.228. The SMILES string of the molecule is N#C/C=C/S(=O)(=O)c1ccc(C2(C(=O)O)CC2)cc1. The molecule has 1 N–H and O–H groups in total. The van der Waals surface area contributed by atoms with Crippen molar-refractivity contribution < 1.29 is 18.3 Å². The van der Waals surface area contributed by atoms with E-state index in [4.69, 9.17) is 10.4 Å². The largest absolute Gasteiger partial charge is 0.481 e. The molecule has 0 radical (unpaired) electrons. The standard InChI is InChI=1S/C13H11NO4S/c14-8-1-9-19(17,18)11-4-2-10(3-5-11)13(6-7-13)12(15)16/h1-5,9H,6-7H2,(H,15,16)/b9-1+. The van der Waals surface area contributed by atoms with Gasteiger partial charge in [0.15, 0.2) is 0 Å². The number of hydrogen-bond donors (Lipinski definition) is 1. The predicted molar refractivity (Wildman–Crippen MR) is 66.9 cm³/mol. The van der Waals surface area contributed by atoms with Crippen LogP contribution in [0.3, 0.4) is 0 Å². The molecule has 0 heterocycles. The second kappa shape index (κ2) is 4.52. The molecule has 1 aliphatic carbocycles. The molecule has 0 bridgehead atoms. The maximum Gasteiger partial charge on any atom is 0.314 e. The Hall–Kier alpha value is -2.13. The van der Waals surface area contributed by atoms with Crippen LogP contribution >= 0.6 is 0 Å². The van der Waals surface area contributed by atoms with E-state index < -0.39 is 21.2 Å². The zero-order chi connectivity index (χ0) is 14.1. The van der Waals surface area contributed by atoms with Gasteiger partial charge in [0.05, 0.1) is 16.4 Å². The van der Waals surface area contributed by atoms with Crippen molar-refractivity contribution in [1.82, 2.24) is 0 Å². The van der Waals surface area contributed by atoms with Crippen LogP contribution in [0, 0.1) is 11.3 Å². The van der Waals surface area contributed by atoms with Crippen LogP contribution in [0.5, 0.6) is 0 Å². The molecule has 0 aromatic heterocycles. The van der Waals surface area contributed by atoms with Gasteiger partial charge in [-0.25, -0.2) is 8.42 Å². The fourth-order valence-electron chi connectivity index (χ4n) is 1.91. The normalized spacial score (nSPS) is 17.0. The first kappa shape index (κ1) is 13.3. The van der Waals surface area contributed by atoms with Crippen molar-refractivity contribution in [1.29, 1.82) is 5.26 Å². The molecule has 0 unspecified atom stereocenters. The van der Waals surface area contributed by atoms with E-state index in [2.05, 4.69) is 0 Å². The summed E-state index contributed by atoms with van der Waals surface area (Å²) in [5, 5.41) is 18.3. The molecule has 19 heavy (non-hydrogen) atoms. The van der Waals surface area contributed by atoms with Crippen LogP contribution < -0.4 is 0 Å². The summed E-state index contributed by atoms with van der Waals surface area (Å²) in [6.45, 7) is 0. The van der Waals surface area contributed by atoms with E-state index in [1.165, 1.54) is 24.3 Å². The van der Waals surface area contributed by atoms with E-state index >= 15 is 0 Å². The molecule has 1 fully saturated rings. The molecular weight excluding hydrogens is 266 g/mol. The van der Waals surface area contributed by atoms with E-state index in [0.717, 1.165) is 11.5 Å². The third kappa shape index (κ3) is 2.37. The summed E-state index contributed by atoms with van der Waals surface area (Å²) < 4.78 is 23.5. The van der Waals surface area contributed by atoms with Gasteiger partial charge in [0.2, 0.25) is 9.84 Å². The number of sulfone groups is 1. The molecule has 98 valence electrons. The number of benzene rings is 1. The van der Waals surface area contributed by atoms with Gasteiger partial charge in [-0.3, -0.25) is 4.79 Å². The van der Waals surface area contributed by atoms with Gasteiger partial charge in [-0.1, -0.05) is 12.1 Å². The molecule has 0 atom stereocenters. The summed E-state index contributed by atoms with van der Waals surface area (Å²) in [6, 6.07) is 7.40. The van der Waals surface area contributed by atoms with Crippen LogP contribution in [0.2, 0.25) is 0 Å². The van der Waals surface area contributed by atoms with Crippen LogP contribution in [0.15, 0.2) is 40.6 Å². The highest BCUT2D eigenvalue weighted by Gasteiger charge is 2.51. The highest BCUT2D eigenvalue weighted by Crippen LogP contribution is 2.48. The molecule has 0 aliphatic heterocycles. The maximum atomic E-state index is 11.7. The molecule has 5 nitrogen and oxygen atoms in total. The highest BCUT2D eigenvalue weighted by atomic mass is 32.2. The van der Waals surface area contributed by atoms with Crippen molar-refractivity contribution >= 4 is 15.8 Å². The molecule has 2 rings (SSSR count). The summed E-state index contributed by atoms with van der Waals surface area (Å²) in [7, 11) is -3.64. The third-order valence-electron chi connectivity index (χ3n) is 3.22. The van der Waals surface area contributed by atoms with E-state index in [9.17, 15) is 13.2 Å². The van der Waals surface area contributed by atoms with E-state index in [0.29, 0.717) is 18.4 Å². The first-order valence-electron chi connectivity index (χ1n) is 5.57. The minimum Gasteiger partial charge on any atom is -0.481 e. The summed E-state index contributed by atoms with van der Waals surface area (Å²) in [6.07, 6.45) is 2.04. The first-order chi connectivity index (χ1) is 8.92. The van der Waals surface area contributed by atoms with Gasteiger partial charge in [-0.15, -0.1) is 0 Å². The summed E-state index contributed by atoms with van der Waals surface area (Å²) >= 11 is 0. The van der Waals surface area contributed by atoms with E-state index in [1.807, 2.05) is 0 Å². The van der Waals surface area contributed by atoms with E-state index in [-0.39, 0.29) is 4.90 Å². The molecule has 0 saturated heterocycles. The van der Waals surface area contributed by atoms with Crippen molar-refractivity contribution in [3.05, 3.63) is 41.3 Å². The average Bonchev–Trinajstić information content (AvgIpc) is 3.18. The monoisotopic (exact) mass is 277 g/mol. The van der Waals surface area contributed by atoms with Crippen LogP contribution in [-0.4, -0.2) is 19.5 Å². The number of hydrogen-bond acceptors (Lipinski definition) is 4. The Kier molecular flexibility index (Phi) is 3.16. The molecule has 1 aromatic rings. The van der Waals surface area contributed by atoms with Gasteiger partial charge in [-0.2, -0.15) is 5.26 Å². The van der Waals surface area contributed by atoms with Gasteiger partial charge in [-0.05, 0) is 30.5 Å². The minimum atomic E-state index is -3.64. The first-order valence-corrected chi connectivity index (χ1v) is 7.12. The maximum absolute atomic E-state index is 11.7. The van der Waals surface area contributed by atoms with Gasteiger partial charge in [0.1, 0.15) is 0 Å². The lowest BCUT2D eigenvalue weighted by Crippen LogP contribution is -2.19. The lowest BCUT2D eigenvalue weighted by atomic mass is 9.96. The van der Waals surface area contributed by atoms with Gasteiger partial charge in [0.25, 0.3) is 0 Å². The van der Waals surface area contributed by atoms with Crippen LogP contribution in [0.25, 0.3) is 0 Å². The number of carboxylic acids is 1. The fraction of sp³-hybridized carbons (Fsp3) is 0.231. The van der Waals surface area contributed by atoms with Crippen molar-refractivity contribution in [2.24, 2.45) is 0 Å². The number of rotatable bonds is 4. The number of carboxylic acid groups (broad SMARTS) is 1. The van der Waals surface area contributed by atoms with Crippen molar-refractivity contribution in [2.45, 2.75) is 23.2 Å². The van der Waals surface area contributed by atoms with Crippen LogP contribution in [-0.2, 0) is 20.0 Å². The fourth-order valence-corrected chi connectivity index (χ4v) is 2.83. The summed E-state index contributed by atoms with van der Waals surface area (Å²) in [4.78, 5) is 11.2. The third-order valence-corrected chi connectivity index (χ3v) is 4.64. The Morgan fingerprint density at radius 2 is 1.89 bits per heavy atom. The predicted octanol–water partition coefficient (Wildman–Crippen LogP) is 1.61. The van der Waals surface area contributed by atoms with Crippen molar-refractivity contribution in [3.63, 3.8) is 0 Å². The number of aliphatic carboxylic acids is 1. The Labute approximate surface area is 110 Å². The molecule has 1 aromatic carbocycles. The second-order valence-electron chi connectivity index (χ2n) is 4.39.